The first-order valence-electron chi connectivity index (χ1n) is 12.9. The fourth-order valence-electron chi connectivity index (χ4n) is 7.27. The van der Waals surface area contributed by atoms with Gasteiger partial charge in [0.1, 0.15) is 5.82 Å². The van der Waals surface area contributed by atoms with Gasteiger partial charge in [-0.2, -0.15) is 4.90 Å². The molecule has 2 heterocycles. The Hall–Kier alpha value is -4.12. The van der Waals surface area contributed by atoms with Crippen LogP contribution < -0.4 is 4.90 Å². The number of imide groups is 4. The molecule has 0 spiro atoms. The number of anilines is 1. The Morgan fingerprint density at radius 1 is 1.05 bits per heavy atom. The van der Waals surface area contributed by atoms with E-state index in [0.717, 1.165) is 30.2 Å². The molecule has 2 aromatic carbocycles. The number of halogens is 3. The van der Waals surface area contributed by atoms with Crippen LogP contribution >= 0.6 is 11.6 Å². The lowest BCUT2D eigenvalue weighted by Gasteiger charge is -2.49. The van der Waals surface area contributed by atoms with Gasteiger partial charge < -0.3 is 9.84 Å². The van der Waals surface area contributed by atoms with E-state index >= 15 is 0 Å². The number of rotatable bonds is 2. The molecule has 5 amide bonds. The second-order valence-corrected chi connectivity index (χ2v) is 11.3. The Morgan fingerprint density at radius 2 is 1.78 bits per heavy atom. The van der Waals surface area contributed by atoms with Gasteiger partial charge in [0.05, 0.1) is 41.0 Å². The van der Waals surface area contributed by atoms with Crippen LogP contribution in [0.5, 0.6) is 5.75 Å². The second-order valence-electron chi connectivity index (χ2n) is 10.9. The number of aromatic hydroxyl groups is 1. The first-order chi connectivity index (χ1) is 19.4. The van der Waals surface area contributed by atoms with Gasteiger partial charge in [0, 0.05) is 11.5 Å². The molecule has 9 nitrogen and oxygen atoms in total. The highest BCUT2D eigenvalue weighted by molar-refractivity contribution is 6.31. The third-order valence-electron chi connectivity index (χ3n) is 9.12. The van der Waals surface area contributed by atoms with E-state index in [1.54, 1.807) is 13.0 Å². The van der Waals surface area contributed by atoms with E-state index < -0.39 is 82.1 Å². The summed E-state index contributed by atoms with van der Waals surface area (Å²) in [6.45, 7) is 1.55. The first-order valence-corrected chi connectivity index (χ1v) is 13.3. The summed E-state index contributed by atoms with van der Waals surface area (Å²) in [6, 6.07) is 7.26. The molecule has 2 aliphatic heterocycles. The summed E-state index contributed by atoms with van der Waals surface area (Å²) in [5, 5.41) is 10.5. The fraction of sp³-hybridized carbons (Fsp3) is 0.345. The van der Waals surface area contributed by atoms with Gasteiger partial charge in [0.15, 0.2) is 11.6 Å². The molecule has 0 bridgehead atoms. The number of carbonyl (C=O) groups is 5. The zero-order valence-corrected chi connectivity index (χ0v) is 22.5. The average Bonchev–Trinajstić information content (AvgIpc) is 3.31. The van der Waals surface area contributed by atoms with E-state index in [-0.39, 0.29) is 29.1 Å². The lowest BCUT2D eigenvalue weighted by atomic mass is 9.51. The SMILES string of the molecule is COC(=O)N1C(=O)C2CC=C3C(CC4C(=O)N(c5ccc(F)c(Cl)c5)C(=O)C4(C)C3c3cccc(F)c3O)C2C1=O. The van der Waals surface area contributed by atoms with Gasteiger partial charge in [0.2, 0.25) is 23.6 Å². The zero-order valence-electron chi connectivity index (χ0n) is 21.8. The van der Waals surface area contributed by atoms with Crippen LogP contribution in [0, 0.1) is 40.7 Å². The van der Waals surface area contributed by atoms with Crippen molar-refractivity contribution in [1.29, 1.82) is 0 Å². The van der Waals surface area contributed by atoms with Gasteiger partial charge in [-0.3, -0.25) is 19.2 Å². The normalized spacial score (nSPS) is 30.7. The predicted octanol–water partition coefficient (Wildman–Crippen LogP) is 4.32. The molecular formula is C29H23ClF2N2O7. The number of hydrogen-bond donors (Lipinski definition) is 1. The van der Waals surface area contributed by atoms with Crippen molar-refractivity contribution in [3.05, 3.63) is 70.3 Å². The predicted molar refractivity (Wildman–Crippen MR) is 138 cm³/mol. The lowest BCUT2D eigenvalue weighted by molar-refractivity contribution is -0.138. The summed E-state index contributed by atoms with van der Waals surface area (Å²) >= 11 is 5.96. The molecule has 212 valence electrons. The molecular weight excluding hydrogens is 562 g/mol. The van der Waals surface area contributed by atoms with Crippen LogP contribution in [0.25, 0.3) is 0 Å². The van der Waals surface area contributed by atoms with Gasteiger partial charge in [-0.1, -0.05) is 35.4 Å². The van der Waals surface area contributed by atoms with Crippen LogP contribution in [0.15, 0.2) is 48.0 Å². The van der Waals surface area contributed by atoms with E-state index in [0.29, 0.717) is 10.5 Å². The number of allylic oxidation sites excluding steroid dienone is 2. The summed E-state index contributed by atoms with van der Waals surface area (Å²) in [4.78, 5) is 68.5. The summed E-state index contributed by atoms with van der Waals surface area (Å²) in [6.07, 6.45) is 0.563. The Kier molecular flexibility index (Phi) is 6.07. The van der Waals surface area contributed by atoms with Crippen LogP contribution in [-0.2, 0) is 23.9 Å². The largest absolute Gasteiger partial charge is 0.505 e. The number of methoxy groups -OCH3 is 1. The minimum atomic E-state index is -1.56. The maximum absolute atomic E-state index is 14.7. The third-order valence-corrected chi connectivity index (χ3v) is 9.41. The first kappa shape index (κ1) is 27.1. The maximum Gasteiger partial charge on any atom is 0.423 e. The molecule has 1 N–H and O–H groups in total. The number of fused-ring (bicyclic) bond motifs is 4. The molecule has 6 atom stereocenters. The van der Waals surface area contributed by atoms with Crippen molar-refractivity contribution in [2.75, 3.05) is 12.0 Å². The highest BCUT2D eigenvalue weighted by Crippen LogP contribution is 2.64. The Balaban J connectivity index is 1.54. The molecule has 2 aliphatic carbocycles. The van der Waals surface area contributed by atoms with Crippen LogP contribution in [-0.4, -0.2) is 46.8 Å². The minimum absolute atomic E-state index is 0.0306. The average molecular weight is 585 g/mol. The van der Waals surface area contributed by atoms with E-state index in [9.17, 15) is 37.9 Å². The van der Waals surface area contributed by atoms with Crippen molar-refractivity contribution >= 4 is 47.0 Å². The van der Waals surface area contributed by atoms with Crippen molar-refractivity contribution in [1.82, 2.24) is 4.90 Å². The van der Waals surface area contributed by atoms with Crippen molar-refractivity contribution in [2.45, 2.75) is 25.7 Å². The molecule has 2 saturated heterocycles. The third kappa shape index (κ3) is 3.54. The Bertz CT molecular complexity index is 1610. The number of ether oxygens (including phenoxy) is 1. The molecule has 41 heavy (non-hydrogen) atoms. The van der Waals surface area contributed by atoms with Crippen molar-refractivity contribution in [3.63, 3.8) is 0 Å². The van der Waals surface area contributed by atoms with Gasteiger partial charge >= 0.3 is 6.09 Å². The van der Waals surface area contributed by atoms with E-state index in [1.165, 1.54) is 18.2 Å². The molecule has 12 heteroatoms. The smallest absolute Gasteiger partial charge is 0.423 e. The Labute approximate surface area is 237 Å². The van der Waals surface area contributed by atoms with E-state index in [2.05, 4.69) is 4.74 Å². The van der Waals surface area contributed by atoms with Crippen LogP contribution in [0.4, 0.5) is 19.3 Å². The molecule has 2 aromatic rings. The highest BCUT2D eigenvalue weighted by Gasteiger charge is 2.68. The van der Waals surface area contributed by atoms with Crippen LogP contribution in [0.1, 0.15) is 31.2 Å². The van der Waals surface area contributed by atoms with Crippen molar-refractivity contribution < 1.29 is 42.6 Å². The topological polar surface area (TPSA) is 121 Å². The molecule has 4 aliphatic rings. The molecule has 0 radical (unpaired) electrons. The van der Waals surface area contributed by atoms with Crippen molar-refractivity contribution in [2.24, 2.45) is 29.1 Å². The minimum Gasteiger partial charge on any atom is -0.505 e. The molecule has 3 fully saturated rings. The number of para-hydroxylation sites is 1. The molecule has 1 saturated carbocycles. The monoisotopic (exact) mass is 584 g/mol. The zero-order chi connectivity index (χ0) is 29.5. The van der Waals surface area contributed by atoms with E-state index in [1.807, 2.05) is 0 Å². The number of nitrogens with zero attached hydrogens (tertiary/aromatic N) is 2. The second kappa shape index (κ2) is 9.20. The van der Waals surface area contributed by atoms with Gasteiger partial charge in [-0.15, -0.1) is 0 Å². The van der Waals surface area contributed by atoms with Gasteiger partial charge in [-0.25, -0.2) is 18.5 Å². The number of likely N-dealkylation sites (tertiary alicyclic amines) is 1. The molecule has 6 rings (SSSR count). The number of phenols is 1. The molecule has 0 aromatic heterocycles. The lowest BCUT2D eigenvalue weighted by Crippen LogP contribution is -2.49. The quantitative estimate of drug-likeness (QED) is 0.412. The number of hydrogen-bond acceptors (Lipinski definition) is 7. The van der Waals surface area contributed by atoms with Gasteiger partial charge in [0.25, 0.3) is 0 Å². The number of carbonyl (C=O) groups excluding carboxylic acids is 5. The standard InChI is InChI=1S/C29H23ClF2N2O7/c1-29-17(25(37)33(27(29)39)12-6-9-19(31)18(30)10-12)11-16-13(22(29)15-4-3-5-20(32)23(15)35)7-8-14-21(16)26(38)34(24(14)36)28(40)41-2/h3-7,9-10,14,16-17,21-22,35H,8,11H2,1-2H3. The fourth-order valence-corrected chi connectivity index (χ4v) is 7.44. The van der Waals surface area contributed by atoms with Crippen molar-refractivity contribution in [3.8, 4) is 5.75 Å². The molecule has 6 unspecified atom stereocenters. The number of amides is 5. The maximum atomic E-state index is 14.7. The number of phenolic OH excluding ortho intramolecular Hbond substituents is 1. The van der Waals surface area contributed by atoms with E-state index in [4.69, 9.17) is 11.6 Å². The summed E-state index contributed by atoms with van der Waals surface area (Å²) < 4.78 is 33.3. The van der Waals surface area contributed by atoms with Crippen LogP contribution in [0.3, 0.4) is 0 Å². The van der Waals surface area contributed by atoms with Crippen LogP contribution in [0.2, 0.25) is 5.02 Å². The number of benzene rings is 2. The van der Waals surface area contributed by atoms with Gasteiger partial charge in [-0.05, 0) is 49.9 Å². The summed E-state index contributed by atoms with van der Waals surface area (Å²) in [7, 11) is 1.04. The Morgan fingerprint density at radius 3 is 2.46 bits per heavy atom. The summed E-state index contributed by atoms with van der Waals surface area (Å²) in [5.74, 6) is -10.1. The summed E-state index contributed by atoms with van der Waals surface area (Å²) in [5.41, 5.74) is -1.01. The highest BCUT2D eigenvalue weighted by atomic mass is 35.5.